The second kappa shape index (κ2) is 5.96. The van der Waals surface area contributed by atoms with E-state index in [-0.39, 0.29) is 5.28 Å². The smallest absolute Gasteiger partial charge is 0.228 e. The third-order valence-corrected chi connectivity index (χ3v) is 3.06. The third-order valence-electron chi connectivity index (χ3n) is 1.97. The first-order valence-electron chi connectivity index (χ1n) is 5.36. The molecule has 0 aromatic carbocycles. The fraction of sp³-hybridized carbons (Fsp3) is 0.444. The molecule has 18 heavy (non-hydrogen) atoms. The van der Waals surface area contributed by atoms with Gasteiger partial charge in [-0.3, -0.25) is 0 Å². The molecule has 9 heteroatoms. The van der Waals surface area contributed by atoms with Crippen molar-refractivity contribution in [2.24, 2.45) is 7.05 Å². The summed E-state index contributed by atoms with van der Waals surface area (Å²) in [5.74, 6) is 0.474. The lowest BCUT2D eigenvalue weighted by atomic mass is 10.5. The molecule has 7 nitrogen and oxygen atoms in total. The molecular formula is C9H12ClN7S. The lowest BCUT2D eigenvalue weighted by Gasteiger charge is -2.04. The van der Waals surface area contributed by atoms with Crippen LogP contribution in [0.5, 0.6) is 0 Å². The maximum Gasteiger partial charge on any atom is 0.228 e. The molecule has 0 amide bonds. The van der Waals surface area contributed by atoms with Crippen molar-refractivity contribution in [3.8, 4) is 0 Å². The minimum absolute atomic E-state index is 0.160. The van der Waals surface area contributed by atoms with E-state index in [0.717, 1.165) is 13.0 Å². The quantitative estimate of drug-likeness (QED) is 0.894. The predicted molar refractivity (Wildman–Crippen MR) is 68.7 cm³/mol. The van der Waals surface area contributed by atoms with Gasteiger partial charge in [0.05, 0.1) is 0 Å². The third kappa shape index (κ3) is 3.30. The zero-order valence-corrected chi connectivity index (χ0v) is 11.5. The minimum Gasteiger partial charge on any atom is -0.354 e. The second-order valence-electron chi connectivity index (χ2n) is 3.41. The van der Waals surface area contributed by atoms with Crippen molar-refractivity contribution in [2.75, 3.05) is 11.9 Å². The van der Waals surface area contributed by atoms with Crippen LogP contribution in [0.3, 0.4) is 0 Å². The van der Waals surface area contributed by atoms with Crippen molar-refractivity contribution in [1.29, 1.82) is 0 Å². The Kier molecular flexibility index (Phi) is 4.32. The summed E-state index contributed by atoms with van der Waals surface area (Å²) in [6, 6.07) is 0. The first kappa shape index (κ1) is 13.0. The van der Waals surface area contributed by atoms with E-state index >= 15 is 0 Å². The van der Waals surface area contributed by atoms with Crippen molar-refractivity contribution in [2.45, 2.75) is 23.7 Å². The van der Waals surface area contributed by atoms with Gasteiger partial charge in [-0.2, -0.15) is 20.1 Å². The molecule has 0 aliphatic heterocycles. The Morgan fingerprint density at radius 1 is 1.39 bits per heavy atom. The molecule has 0 aliphatic carbocycles. The molecule has 0 saturated heterocycles. The highest BCUT2D eigenvalue weighted by atomic mass is 35.5. The molecule has 0 radical (unpaired) electrons. The molecule has 2 rings (SSSR count). The SMILES string of the molecule is CCCNc1nc(Cl)nc(Sc2ncnn2C)n1. The Balaban J connectivity index is 2.17. The monoisotopic (exact) mass is 285 g/mol. The van der Waals surface area contributed by atoms with Gasteiger partial charge < -0.3 is 5.32 Å². The van der Waals surface area contributed by atoms with Gasteiger partial charge in [0.2, 0.25) is 16.4 Å². The van der Waals surface area contributed by atoms with Gasteiger partial charge >= 0.3 is 0 Å². The van der Waals surface area contributed by atoms with Gasteiger partial charge in [-0.25, -0.2) is 9.67 Å². The highest BCUT2D eigenvalue weighted by Crippen LogP contribution is 2.23. The van der Waals surface area contributed by atoms with Crippen LogP contribution in [0.25, 0.3) is 0 Å². The summed E-state index contributed by atoms with van der Waals surface area (Å²) in [6.45, 7) is 2.85. The van der Waals surface area contributed by atoms with Gasteiger partial charge in [0, 0.05) is 13.6 Å². The minimum atomic E-state index is 0.160. The molecule has 0 spiro atoms. The molecule has 0 atom stereocenters. The average molecular weight is 286 g/mol. The first-order valence-corrected chi connectivity index (χ1v) is 6.55. The number of nitrogens with one attached hydrogen (secondary N) is 1. The lowest BCUT2D eigenvalue weighted by molar-refractivity contribution is 0.683. The molecule has 2 aromatic rings. The summed E-state index contributed by atoms with van der Waals surface area (Å²) in [5, 5.41) is 8.38. The van der Waals surface area contributed by atoms with E-state index in [1.54, 1.807) is 11.7 Å². The zero-order valence-electron chi connectivity index (χ0n) is 9.96. The lowest BCUT2D eigenvalue weighted by Crippen LogP contribution is -2.06. The fourth-order valence-electron chi connectivity index (χ4n) is 1.15. The topological polar surface area (TPSA) is 81.4 Å². The molecule has 0 fully saturated rings. The normalized spacial score (nSPS) is 10.6. The van der Waals surface area contributed by atoms with Crippen LogP contribution in [0.2, 0.25) is 5.28 Å². The number of aromatic nitrogens is 6. The summed E-state index contributed by atoms with van der Waals surface area (Å²) in [5.41, 5.74) is 0. The summed E-state index contributed by atoms with van der Waals surface area (Å²) >= 11 is 7.14. The van der Waals surface area contributed by atoms with Crippen LogP contribution in [0.15, 0.2) is 16.6 Å². The summed E-state index contributed by atoms with van der Waals surface area (Å²) in [7, 11) is 1.80. The van der Waals surface area contributed by atoms with Gasteiger partial charge in [-0.15, -0.1) is 0 Å². The van der Waals surface area contributed by atoms with E-state index in [0.29, 0.717) is 16.3 Å². The van der Waals surface area contributed by atoms with E-state index < -0.39 is 0 Å². The van der Waals surface area contributed by atoms with E-state index in [2.05, 4.69) is 37.3 Å². The zero-order chi connectivity index (χ0) is 13.0. The Bertz CT molecular complexity index is 529. The molecule has 0 aliphatic rings. The highest BCUT2D eigenvalue weighted by molar-refractivity contribution is 7.99. The molecule has 96 valence electrons. The average Bonchev–Trinajstić information content (AvgIpc) is 2.72. The van der Waals surface area contributed by atoms with Gasteiger partial charge in [0.1, 0.15) is 6.33 Å². The van der Waals surface area contributed by atoms with Crippen LogP contribution in [0, 0.1) is 0 Å². The van der Waals surface area contributed by atoms with E-state index in [1.165, 1.54) is 18.1 Å². The van der Waals surface area contributed by atoms with Crippen molar-refractivity contribution < 1.29 is 0 Å². The summed E-state index contributed by atoms with van der Waals surface area (Å²) in [4.78, 5) is 16.4. The predicted octanol–water partition coefficient (Wildman–Crippen LogP) is 1.63. The molecule has 2 heterocycles. The summed E-state index contributed by atoms with van der Waals surface area (Å²) < 4.78 is 1.64. The van der Waals surface area contributed by atoms with Crippen molar-refractivity contribution in [1.82, 2.24) is 29.7 Å². The van der Waals surface area contributed by atoms with Crippen LogP contribution >= 0.6 is 23.4 Å². The second-order valence-corrected chi connectivity index (χ2v) is 4.68. The molecule has 0 bridgehead atoms. The summed E-state index contributed by atoms with van der Waals surface area (Å²) in [6.07, 6.45) is 2.45. The Hall–Kier alpha value is -1.41. The van der Waals surface area contributed by atoms with Crippen LogP contribution in [0.4, 0.5) is 5.95 Å². The Morgan fingerprint density at radius 2 is 2.22 bits per heavy atom. The fourth-order valence-corrected chi connectivity index (χ4v) is 2.07. The van der Waals surface area contributed by atoms with Gasteiger partial charge in [-0.05, 0) is 29.8 Å². The largest absolute Gasteiger partial charge is 0.354 e. The maximum atomic E-state index is 5.85. The number of rotatable bonds is 5. The van der Waals surface area contributed by atoms with Crippen LogP contribution < -0.4 is 5.32 Å². The number of hydrogen-bond acceptors (Lipinski definition) is 7. The van der Waals surface area contributed by atoms with Crippen molar-refractivity contribution in [3.05, 3.63) is 11.6 Å². The number of hydrogen-bond donors (Lipinski definition) is 1. The molecular weight excluding hydrogens is 274 g/mol. The Morgan fingerprint density at radius 3 is 2.89 bits per heavy atom. The number of anilines is 1. The Labute approximate surface area is 113 Å². The van der Waals surface area contributed by atoms with E-state index in [1.807, 2.05) is 0 Å². The van der Waals surface area contributed by atoms with Crippen LogP contribution in [0.1, 0.15) is 13.3 Å². The van der Waals surface area contributed by atoms with Gasteiger partial charge in [0.15, 0.2) is 5.16 Å². The molecule has 0 unspecified atom stereocenters. The number of nitrogens with zero attached hydrogens (tertiary/aromatic N) is 6. The van der Waals surface area contributed by atoms with Crippen LogP contribution in [-0.4, -0.2) is 36.3 Å². The maximum absolute atomic E-state index is 5.85. The molecule has 1 N–H and O–H groups in total. The molecule has 2 aromatic heterocycles. The number of aryl methyl sites for hydroxylation is 1. The molecule has 0 saturated carbocycles. The highest BCUT2D eigenvalue weighted by Gasteiger charge is 2.09. The van der Waals surface area contributed by atoms with Gasteiger partial charge in [0.25, 0.3) is 0 Å². The standard InChI is InChI=1S/C9H12ClN7S/c1-3-4-11-7-14-6(10)15-8(16-7)18-9-12-5-13-17(9)2/h5H,3-4H2,1-2H3,(H,11,14,15,16). The van der Waals surface area contributed by atoms with Gasteiger partial charge in [-0.1, -0.05) is 6.92 Å². The first-order chi connectivity index (χ1) is 8.69. The van der Waals surface area contributed by atoms with Crippen LogP contribution in [-0.2, 0) is 7.05 Å². The van der Waals surface area contributed by atoms with Crippen molar-refractivity contribution in [3.63, 3.8) is 0 Å². The van der Waals surface area contributed by atoms with Crippen molar-refractivity contribution >= 4 is 29.3 Å². The van der Waals surface area contributed by atoms with E-state index in [9.17, 15) is 0 Å². The van der Waals surface area contributed by atoms with E-state index in [4.69, 9.17) is 11.6 Å². The number of halogens is 1.